The minimum absolute atomic E-state index is 0.0778. The second kappa shape index (κ2) is 10.0. The maximum atomic E-state index is 6.81. The lowest BCUT2D eigenvalue weighted by Crippen LogP contribution is -2.53. The summed E-state index contributed by atoms with van der Waals surface area (Å²) in [5.41, 5.74) is 4.05. The quantitative estimate of drug-likeness (QED) is 0.336. The molecule has 0 aliphatic carbocycles. The summed E-state index contributed by atoms with van der Waals surface area (Å²) in [6.07, 6.45) is 6.00. The van der Waals surface area contributed by atoms with E-state index in [1.807, 2.05) is 24.3 Å². The van der Waals surface area contributed by atoms with E-state index in [1.54, 1.807) is 0 Å². The first-order chi connectivity index (χ1) is 16.5. The Bertz CT molecular complexity index is 1050. The van der Waals surface area contributed by atoms with Crippen molar-refractivity contribution in [1.82, 2.24) is 9.80 Å². The molecule has 2 aliphatic heterocycles. The summed E-state index contributed by atoms with van der Waals surface area (Å²) in [5, 5.41) is 1.64. The summed E-state index contributed by atoms with van der Waals surface area (Å²) in [6, 6.07) is 28.8. The molecule has 2 bridgehead atoms. The normalized spacial score (nSPS) is 24.8. The Morgan fingerprint density at radius 1 is 0.794 bits per heavy atom. The highest BCUT2D eigenvalue weighted by atomic mass is 35.5. The average molecular weight is 494 g/mol. The fraction of sp³-hybridized carbons (Fsp3) is 0.400. The maximum absolute atomic E-state index is 6.81. The number of hydrogen-bond acceptors (Lipinski definition) is 2. The van der Waals surface area contributed by atoms with E-state index in [-0.39, 0.29) is 11.5 Å². The van der Waals surface area contributed by atoms with Crippen LogP contribution < -0.4 is 0 Å². The van der Waals surface area contributed by atoms with Crippen LogP contribution in [0.25, 0.3) is 0 Å². The fourth-order valence-corrected chi connectivity index (χ4v) is 7.29. The molecule has 178 valence electrons. The minimum Gasteiger partial charge on any atom is -0.309 e. The fourth-order valence-electron chi connectivity index (χ4n) is 6.81. The number of halogens is 2. The van der Waals surface area contributed by atoms with Crippen LogP contribution in [0, 0.1) is 5.41 Å². The third-order valence-corrected chi connectivity index (χ3v) is 8.47. The van der Waals surface area contributed by atoms with Crippen molar-refractivity contribution in [3.63, 3.8) is 0 Å². The van der Waals surface area contributed by atoms with Crippen molar-refractivity contribution in [1.29, 1.82) is 0 Å². The predicted molar refractivity (Wildman–Crippen MR) is 144 cm³/mol. The topological polar surface area (TPSA) is 6.48 Å². The molecule has 3 aromatic carbocycles. The molecule has 0 amide bonds. The summed E-state index contributed by atoms with van der Waals surface area (Å²) in [7, 11) is 4.44. The zero-order chi connectivity index (χ0) is 23.7. The summed E-state index contributed by atoms with van der Waals surface area (Å²) >= 11 is 13.6. The molecule has 0 N–H and O–H groups in total. The molecule has 2 nitrogen and oxygen atoms in total. The van der Waals surface area contributed by atoms with Crippen molar-refractivity contribution in [2.75, 3.05) is 20.6 Å². The second-order valence-corrected chi connectivity index (χ2v) is 11.4. The lowest BCUT2D eigenvalue weighted by molar-refractivity contribution is 0.00724. The Morgan fingerprint density at radius 3 is 1.79 bits per heavy atom. The molecule has 0 saturated carbocycles. The molecule has 0 radical (unpaired) electrons. The molecule has 2 fully saturated rings. The van der Waals surface area contributed by atoms with Gasteiger partial charge in [0, 0.05) is 28.7 Å². The number of nitrogens with zero attached hydrogens (tertiary/aromatic N) is 2. The van der Waals surface area contributed by atoms with Crippen LogP contribution in [0.5, 0.6) is 0 Å². The van der Waals surface area contributed by atoms with Gasteiger partial charge in [-0.15, -0.1) is 0 Å². The lowest BCUT2D eigenvalue weighted by Gasteiger charge is -2.51. The minimum atomic E-state index is 0.0778. The van der Waals surface area contributed by atoms with Crippen LogP contribution in [0.3, 0.4) is 0 Å². The highest BCUT2D eigenvalue weighted by molar-refractivity contribution is 6.32. The highest BCUT2D eigenvalue weighted by Crippen LogP contribution is 2.52. The van der Waals surface area contributed by atoms with Crippen LogP contribution in [0.2, 0.25) is 10.0 Å². The Labute approximate surface area is 214 Å². The van der Waals surface area contributed by atoms with E-state index in [4.69, 9.17) is 23.2 Å². The molecule has 0 aromatic heterocycles. The third kappa shape index (κ3) is 4.79. The molecule has 4 heteroatoms. The summed E-state index contributed by atoms with van der Waals surface area (Å²) < 4.78 is 0. The molecular formula is C30H34Cl2N2. The highest BCUT2D eigenvalue weighted by Gasteiger charge is 2.51. The SMILES string of the molecule is CN(C)CC1(Cc2ccccc2)C[C@@H]2CC[C@@H](C1)N2C(c1ccccc1Cl)c1ccccc1Cl. The first-order valence-corrected chi connectivity index (χ1v) is 13.2. The van der Waals surface area contributed by atoms with Crippen molar-refractivity contribution in [3.05, 3.63) is 106 Å². The summed E-state index contributed by atoms with van der Waals surface area (Å²) in [4.78, 5) is 5.15. The van der Waals surface area contributed by atoms with E-state index in [2.05, 4.69) is 78.5 Å². The molecule has 5 rings (SSSR count). The molecule has 2 heterocycles. The van der Waals surface area contributed by atoms with Crippen molar-refractivity contribution in [2.45, 2.75) is 50.2 Å². The van der Waals surface area contributed by atoms with Gasteiger partial charge in [0.15, 0.2) is 0 Å². The maximum Gasteiger partial charge on any atom is 0.0636 e. The second-order valence-electron chi connectivity index (χ2n) is 10.6. The molecule has 2 saturated heterocycles. The zero-order valence-corrected chi connectivity index (χ0v) is 21.6. The lowest BCUT2D eigenvalue weighted by atomic mass is 9.70. The number of hydrogen-bond donors (Lipinski definition) is 0. The molecule has 3 aromatic rings. The van der Waals surface area contributed by atoms with Crippen LogP contribution in [0.15, 0.2) is 78.9 Å². The van der Waals surface area contributed by atoms with Gasteiger partial charge in [-0.25, -0.2) is 0 Å². The van der Waals surface area contributed by atoms with Gasteiger partial charge in [0.05, 0.1) is 6.04 Å². The van der Waals surface area contributed by atoms with Crippen molar-refractivity contribution in [2.24, 2.45) is 5.41 Å². The molecule has 2 aliphatic rings. The smallest absolute Gasteiger partial charge is 0.0636 e. The van der Waals surface area contributed by atoms with Crippen LogP contribution in [0.4, 0.5) is 0 Å². The predicted octanol–water partition coefficient (Wildman–Crippen LogP) is 7.50. The number of fused-ring (bicyclic) bond motifs is 2. The van der Waals surface area contributed by atoms with Crippen LogP contribution >= 0.6 is 23.2 Å². The molecule has 2 atom stereocenters. The standard InChI is InChI=1S/C30H34Cl2N2/c1-33(2)21-30(18-22-10-4-3-5-11-22)19-23-16-17-24(20-30)34(23)29(25-12-6-8-14-27(25)31)26-13-7-9-15-28(26)32/h3-15,23-24,29H,16-21H2,1-2H3/t23-,24-/m0/s1. The van der Waals surface area contributed by atoms with Gasteiger partial charge in [0.1, 0.15) is 0 Å². The third-order valence-electron chi connectivity index (χ3n) is 7.79. The van der Waals surface area contributed by atoms with Crippen molar-refractivity contribution >= 4 is 23.2 Å². The Morgan fingerprint density at radius 2 is 1.29 bits per heavy atom. The van der Waals surface area contributed by atoms with E-state index in [0.717, 1.165) is 34.1 Å². The van der Waals surface area contributed by atoms with Crippen molar-refractivity contribution < 1.29 is 0 Å². The van der Waals surface area contributed by atoms with Gasteiger partial charge in [-0.1, -0.05) is 89.9 Å². The van der Waals surface area contributed by atoms with E-state index < -0.39 is 0 Å². The number of piperidine rings is 1. The number of rotatable bonds is 7. The van der Waals surface area contributed by atoms with E-state index in [9.17, 15) is 0 Å². The van der Waals surface area contributed by atoms with Gasteiger partial charge < -0.3 is 4.90 Å². The van der Waals surface area contributed by atoms with Crippen LogP contribution in [0.1, 0.15) is 48.4 Å². The molecule has 0 spiro atoms. The van der Waals surface area contributed by atoms with E-state index in [0.29, 0.717) is 12.1 Å². The van der Waals surface area contributed by atoms with Gasteiger partial charge in [-0.05, 0) is 80.4 Å². The molecular weight excluding hydrogens is 459 g/mol. The average Bonchev–Trinajstić information content (AvgIpc) is 3.07. The summed E-state index contributed by atoms with van der Waals surface area (Å²) in [6.45, 7) is 1.12. The first kappa shape index (κ1) is 23.9. The number of benzene rings is 3. The van der Waals surface area contributed by atoms with Gasteiger partial charge >= 0.3 is 0 Å². The van der Waals surface area contributed by atoms with Crippen LogP contribution in [-0.2, 0) is 6.42 Å². The molecule has 0 unspecified atom stereocenters. The Hall–Kier alpha value is -1.84. The van der Waals surface area contributed by atoms with Gasteiger partial charge in [0.2, 0.25) is 0 Å². The van der Waals surface area contributed by atoms with Gasteiger partial charge in [-0.3, -0.25) is 4.90 Å². The van der Waals surface area contributed by atoms with Crippen molar-refractivity contribution in [3.8, 4) is 0 Å². The largest absolute Gasteiger partial charge is 0.309 e. The Balaban J connectivity index is 1.53. The summed E-state index contributed by atoms with van der Waals surface area (Å²) in [5.74, 6) is 0. The van der Waals surface area contributed by atoms with Crippen LogP contribution in [-0.4, -0.2) is 42.5 Å². The van der Waals surface area contributed by atoms with E-state index >= 15 is 0 Å². The first-order valence-electron chi connectivity index (χ1n) is 12.4. The monoisotopic (exact) mass is 492 g/mol. The zero-order valence-electron chi connectivity index (χ0n) is 20.1. The molecule has 34 heavy (non-hydrogen) atoms. The Kier molecular flexibility index (Phi) is 7.04. The van der Waals surface area contributed by atoms with E-state index in [1.165, 1.54) is 31.2 Å². The van der Waals surface area contributed by atoms with Gasteiger partial charge in [0.25, 0.3) is 0 Å². The van der Waals surface area contributed by atoms with Gasteiger partial charge in [-0.2, -0.15) is 0 Å².